The lowest BCUT2D eigenvalue weighted by Crippen LogP contribution is -2.12. The van der Waals surface area contributed by atoms with Crippen molar-refractivity contribution in [3.63, 3.8) is 0 Å². The van der Waals surface area contributed by atoms with Crippen molar-refractivity contribution in [2.45, 2.75) is 19.8 Å². The molecule has 5 heteroatoms. The van der Waals surface area contributed by atoms with Crippen molar-refractivity contribution in [3.8, 4) is 11.8 Å². The van der Waals surface area contributed by atoms with Gasteiger partial charge >= 0.3 is 6.01 Å². The van der Waals surface area contributed by atoms with Crippen molar-refractivity contribution in [1.82, 2.24) is 9.97 Å². The maximum Gasteiger partial charge on any atom is 0.322 e. The van der Waals surface area contributed by atoms with Crippen LogP contribution in [0.2, 0.25) is 0 Å². The molecule has 1 aromatic heterocycles. The summed E-state index contributed by atoms with van der Waals surface area (Å²) in [6.07, 6.45) is 1.57. The summed E-state index contributed by atoms with van der Waals surface area (Å²) in [6.45, 7) is 4.29. The molecule has 1 heterocycles. The molecule has 0 saturated heterocycles. The normalized spacial score (nSPS) is 10.5. The molecule has 19 heavy (non-hydrogen) atoms. The number of ether oxygens (including phenoxy) is 1. The van der Waals surface area contributed by atoms with E-state index in [2.05, 4.69) is 23.8 Å². The molecule has 0 aliphatic rings. The van der Waals surface area contributed by atoms with E-state index in [0.717, 1.165) is 0 Å². The summed E-state index contributed by atoms with van der Waals surface area (Å²) >= 11 is 4.86. The van der Waals surface area contributed by atoms with Crippen molar-refractivity contribution in [2.75, 3.05) is 0 Å². The predicted octanol–water partition coefficient (Wildman–Crippen LogP) is 3.03. The summed E-state index contributed by atoms with van der Waals surface area (Å²) in [7, 11) is 0. The lowest BCUT2D eigenvalue weighted by Gasteiger charge is -2.07. The second-order valence-electron chi connectivity index (χ2n) is 4.41. The topological polar surface area (TPSA) is 61.0 Å². The van der Waals surface area contributed by atoms with Crippen LogP contribution in [-0.4, -0.2) is 15.0 Å². The van der Waals surface area contributed by atoms with Crippen molar-refractivity contribution in [2.24, 2.45) is 5.73 Å². The summed E-state index contributed by atoms with van der Waals surface area (Å²) in [5.74, 6) is 1.17. The number of nitrogens with two attached hydrogens (primary N) is 1. The van der Waals surface area contributed by atoms with Crippen LogP contribution in [0.15, 0.2) is 36.5 Å². The molecule has 2 aromatic rings. The van der Waals surface area contributed by atoms with Crippen LogP contribution in [0.4, 0.5) is 0 Å². The molecule has 0 aliphatic carbocycles. The van der Waals surface area contributed by atoms with Gasteiger partial charge in [0.05, 0.1) is 0 Å². The van der Waals surface area contributed by atoms with Crippen molar-refractivity contribution in [1.29, 1.82) is 0 Å². The van der Waals surface area contributed by atoms with E-state index in [1.165, 1.54) is 5.56 Å². The van der Waals surface area contributed by atoms with E-state index in [1.54, 1.807) is 12.3 Å². The van der Waals surface area contributed by atoms with Gasteiger partial charge in [-0.3, -0.25) is 0 Å². The Labute approximate surface area is 117 Å². The minimum absolute atomic E-state index is 0.224. The zero-order chi connectivity index (χ0) is 13.8. The molecular formula is C14H15N3OS. The largest absolute Gasteiger partial charge is 0.424 e. The van der Waals surface area contributed by atoms with Gasteiger partial charge in [-0.1, -0.05) is 38.2 Å². The molecule has 1 aromatic carbocycles. The minimum Gasteiger partial charge on any atom is -0.424 e. The zero-order valence-electron chi connectivity index (χ0n) is 10.8. The molecule has 0 aliphatic heterocycles. The third-order valence-electron chi connectivity index (χ3n) is 2.64. The first kappa shape index (κ1) is 13.4. The van der Waals surface area contributed by atoms with Gasteiger partial charge in [-0.15, -0.1) is 0 Å². The van der Waals surface area contributed by atoms with Gasteiger partial charge in [-0.2, -0.15) is 4.98 Å². The van der Waals surface area contributed by atoms with Crippen molar-refractivity contribution < 1.29 is 4.74 Å². The van der Waals surface area contributed by atoms with Gasteiger partial charge in [-0.05, 0) is 29.7 Å². The van der Waals surface area contributed by atoms with E-state index in [0.29, 0.717) is 17.4 Å². The number of hydrogen-bond acceptors (Lipinski definition) is 4. The van der Waals surface area contributed by atoms with Crippen LogP contribution < -0.4 is 10.5 Å². The smallest absolute Gasteiger partial charge is 0.322 e. The number of benzene rings is 1. The first-order valence-electron chi connectivity index (χ1n) is 5.97. The Morgan fingerprint density at radius 2 is 1.89 bits per heavy atom. The molecule has 0 spiro atoms. The number of rotatable bonds is 4. The van der Waals surface area contributed by atoms with Crippen LogP contribution in [-0.2, 0) is 0 Å². The number of aromatic nitrogens is 2. The highest BCUT2D eigenvalue weighted by atomic mass is 32.1. The SMILES string of the molecule is CC(C)c1ccc(Oc2nccc(C(N)=S)n2)cc1. The number of hydrogen-bond donors (Lipinski definition) is 1. The fraction of sp³-hybridized carbons (Fsp3) is 0.214. The van der Waals surface area contributed by atoms with Gasteiger partial charge in [0.1, 0.15) is 16.4 Å². The van der Waals surface area contributed by atoms with E-state index in [4.69, 9.17) is 22.7 Å². The van der Waals surface area contributed by atoms with E-state index >= 15 is 0 Å². The van der Waals surface area contributed by atoms with Gasteiger partial charge in [-0.25, -0.2) is 4.98 Å². The Morgan fingerprint density at radius 3 is 2.47 bits per heavy atom. The van der Waals surface area contributed by atoms with Crippen LogP contribution >= 0.6 is 12.2 Å². The summed E-state index contributed by atoms with van der Waals surface area (Å²) in [5.41, 5.74) is 7.27. The van der Waals surface area contributed by atoms with E-state index < -0.39 is 0 Å². The molecule has 0 bridgehead atoms. The molecule has 2 rings (SSSR count). The summed E-state index contributed by atoms with van der Waals surface area (Å²) in [6, 6.07) is 9.73. The molecule has 0 saturated carbocycles. The summed E-state index contributed by atoms with van der Waals surface area (Å²) in [4.78, 5) is 8.38. The Kier molecular flexibility index (Phi) is 4.06. The van der Waals surface area contributed by atoms with Gasteiger partial charge in [0.25, 0.3) is 0 Å². The standard InChI is InChI=1S/C14H15N3OS/c1-9(2)10-3-5-11(6-4-10)18-14-16-8-7-12(17-14)13(15)19/h3-9H,1-2H3,(H2,15,19). The predicted molar refractivity (Wildman–Crippen MR) is 78.5 cm³/mol. The molecule has 4 nitrogen and oxygen atoms in total. The fourth-order valence-electron chi connectivity index (χ4n) is 1.55. The minimum atomic E-state index is 0.224. The third-order valence-corrected chi connectivity index (χ3v) is 2.85. The Morgan fingerprint density at radius 1 is 1.21 bits per heavy atom. The van der Waals surface area contributed by atoms with E-state index in [1.807, 2.05) is 24.3 Å². The molecule has 0 atom stereocenters. The van der Waals surface area contributed by atoms with Crippen molar-refractivity contribution >= 4 is 17.2 Å². The monoisotopic (exact) mass is 273 g/mol. The first-order valence-corrected chi connectivity index (χ1v) is 6.38. The third kappa shape index (κ3) is 3.48. The average Bonchev–Trinajstić information content (AvgIpc) is 2.39. The lowest BCUT2D eigenvalue weighted by atomic mass is 10.0. The molecular weight excluding hydrogens is 258 g/mol. The highest BCUT2D eigenvalue weighted by Crippen LogP contribution is 2.21. The summed E-state index contributed by atoms with van der Waals surface area (Å²) < 4.78 is 5.57. The van der Waals surface area contributed by atoms with Crippen molar-refractivity contribution in [3.05, 3.63) is 47.8 Å². The first-order chi connectivity index (χ1) is 9.06. The maximum absolute atomic E-state index is 5.57. The van der Waals surface area contributed by atoms with Crippen LogP contribution in [0.3, 0.4) is 0 Å². The van der Waals surface area contributed by atoms with Crippen LogP contribution in [0.1, 0.15) is 31.0 Å². The van der Waals surface area contributed by atoms with Gasteiger partial charge in [0.2, 0.25) is 0 Å². The summed E-state index contributed by atoms with van der Waals surface area (Å²) in [5, 5.41) is 0. The Hall–Kier alpha value is -2.01. The van der Waals surface area contributed by atoms with Gasteiger partial charge < -0.3 is 10.5 Å². The van der Waals surface area contributed by atoms with Crippen LogP contribution in [0, 0.1) is 0 Å². The zero-order valence-corrected chi connectivity index (χ0v) is 11.6. The van der Waals surface area contributed by atoms with Gasteiger partial charge in [0.15, 0.2) is 0 Å². The lowest BCUT2D eigenvalue weighted by molar-refractivity contribution is 0.441. The Bertz CT molecular complexity index is 581. The fourth-order valence-corrected chi connectivity index (χ4v) is 1.67. The maximum atomic E-state index is 5.57. The highest BCUT2D eigenvalue weighted by molar-refractivity contribution is 7.80. The molecule has 2 N–H and O–H groups in total. The second kappa shape index (κ2) is 5.75. The van der Waals surface area contributed by atoms with Crippen LogP contribution in [0.5, 0.6) is 11.8 Å². The molecule has 0 amide bonds. The molecule has 0 fully saturated rings. The van der Waals surface area contributed by atoms with E-state index in [-0.39, 0.29) is 11.0 Å². The number of nitrogens with zero attached hydrogens (tertiary/aromatic N) is 2. The molecule has 0 radical (unpaired) electrons. The van der Waals surface area contributed by atoms with E-state index in [9.17, 15) is 0 Å². The second-order valence-corrected chi connectivity index (χ2v) is 4.85. The Balaban J connectivity index is 2.16. The molecule has 0 unspecified atom stereocenters. The quantitative estimate of drug-likeness (QED) is 0.868. The number of thiocarbonyl (C=S) groups is 1. The highest BCUT2D eigenvalue weighted by Gasteiger charge is 2.05. The average molecular weight is 273 g/mol. The molecule has 98 valence electrons. The van der Waals surface area contributed by atoms with Crippen LogP contribution in [0.25, 0.3) is 0 Å². The van der Waals surface area contributed by atoms with Gasteiger partial charge in [0, 0.05) is 6.20 Å².